The van der Waals surface area contributed by atoms with Gasteiger partial charge in [-0.25, -0.2) is 4.79 Å². The molecule has 2 rings (SSSR count). The number of hydrogen-bond donors (Lipinski definition) is 3. The number of aliphatic carboxylic acids is 1. The Hall–Kier alpha value is -4.47. The van der Waals surface area contributed by atoms with Gasteiger partial charge in [-0.2, -0.15) is 0 Å². The van der Waals surface area contributed by atoms with Crippen molar-refractivity contribution in [3.8, 4) is 5.75 Å². The molecule has 0 aliphatic heterocycles. The SMILES string of the molecule is CCOC(=O)CCN(CC(=O)O)C(=O)/C(C)=C/c1ccc(C(=O)Oc2ccc(C(=N)N)cc2)cc1. The number of nitrogens with two attached hydrogens (primary N) is 1. The minimum absolute atomic E-state index is 0.0900. The number of amides is 1. The molecule has 2 aromatic carbocycles. The number of esters is 2. The Labute approximate surface area is 202 Å². The van der Waals surface area contributed by atoms with Crippen LogP contribution >= 0.6 is 0 Å². The van der Waals surface area contributed by atoms with Gasteiger partial charge < -0.3 is 25.2 Å². The molecule has 10 heteroatoms. The predicted octanol–water partition coefficient (Wildman–Crippen LogP) is 2.46. The molecular weight excluding hydrogens is 454 g/mol. The van der Waals surface area contributed by atoms with Gasteiger partial charge in [0.25, 0.3) is 0 Å². The van der Waals surface area contributed by atoms with Crippen LogP contribution in [0, 0.1) is 5.41 Å². The zero-order valence-corrected chi connectivity index (χ0v) is 19.4. The number of carboxylic acid groups (broad SMARTS) is 1. The molecule has 0 radical (unpaired) electrons. The van der Waals surface area contributed by atoms with Crippen molar-refractivity contribution in [2.45, 2.75) is 20.3 Å². The van der Waals surface area contributed by atoms with Crippen molar-refractivity contribution in [2.24, 2.45) is 5.73 Å². The zero-order valence-electron chi connectivity index (χ0n) is 19.4. The van der Waals surface area contributed by atoms with E-state index in [1.165, 1.54) is 31.2 Å². The van der Waals surface area contributed by atoms with Gasteiger partial charge in [0, 0.05) is 17.7 Å². The summed E-state index contributed by atoms with van der Waals surface area (Å²) < 4.78 is 10.1. The molecule has 0 aromatic heterocycles. The lowest BCUT2D eigenvalue weighted by atomic mass is 10.1. The molecule has 0 atom stereocenters. The molecule has 0 fully saturated rings. The average Bonchev–Trinajstić information content (AvgIpc) is 2.82. The topological polar surface area (TPSA) is 160 Å². The number of amidine groups is 1. The Kier molecular flexibility index (Phi) is 9.71. The summed E-state index contributed by atoms with van der Waals surface area (Å²) in [7, 11) is 0. The van der Waals surface area contributed by atoms with Crippen molar-refractivity contribution < 1.29 is 33.8 Å². The van der Waals surface area contributed by atoms with Crippen LogP contribution in [0.1, 0.15) is 41.8 Å². The third-order valence-corrected chi connectivity index (χ3v) is 4.75. The first-order valence-corrected chi connectivity index (χ1v) is 10.7. The summed E-state index contributed by atoms with van der Waals surface area (Å²) in [6.07, 6.45) is 1.44. The smallest absolute Gasteiger partial charge is 0.343 e. The van der Waals surface area contributed by atoms with E-state index in [9.17, 15) is 19.2 Å². The van der Waals surface area contributed by atoms with Crippen LogP contribution in [-0.2, 0) is 19.1 Å². The van der Waals surface area contributed by atoms with Crippen LogP contribution in [0.3, 0.4) is 0 Å². The lowest BCUT2D eigenvalue weighted by Crippen LogP contribution is -2.37. The maximum absolute atomic E-state index is 12.7. The van der Waals surface area contributed by atoms with Gasteiger partial charge in [-0.15, -0.1) is 0 Å². The number of nitrogens with one attached hydrogen (secondary N) is 1. The van der Waals surface area contributed by atoms with Crippen molar-refractivity contribution >= 4 is 35.7 Å². The Morgan fingerprint density at radius 3 is 2.17 bits per heavy atom. The largest absolute Gasteiger partial charge is 0.480 e. The molecule has 0 saturated carbocycles. The first kappa shape index (κ1) is 26.8. The fourth-order valence-corrected chi connectivity index (χ4v) is 3.02. The summed E-state index contributed by atoms with van der Waals surface area (Å²) in [6, 6.07) is 12.5. The second-order valence-electron chi connectivity index (χ2n) is 7.45. The van der Waals surface area contributed by atoms with E-state index in [1.54, 1.807) is 37.3 Å². The number of nitrogen functional groups attached to an aromatic ring is 1. The van der Waals surface area contributed by atoms with Crippen LogP contribution in [0.4, 0.5) is 0 Å². The Morgan fingerprint density at radius 1 is 1.03 bits per heavy atom. The van der Waals surface area contributed by atoms with Gasteiger partial charge in [0.2, 0.25) is 5.91 Å². The monoisotopic (exact) mass is 481 g/mol. The van der Waals surface area contributed by atoms with Gasteiger partial charge >= 0.3 is 17.9 Å². The second-order valence-corrected chi connectivity index (χ2v) is 7.45. The highest BCUT2D eigenvalue weighted by Crippen LogP contribution is 2.16. The van der Waals surface area contributed by atoms with E-state index >= 15 is 0 Å². The summed E-state index contributed by atoms with van der Waals surface area (Å²) in [6.45, 7) is 2.74. The lowest BCUT2D eigenvalue weighted by Gasteiger charge is -2.20. The van der Waals surface area contributed by atoms with Crippen LogP contribution in [0.15, 0.2) is 54.1 Å². The molecule has 0 saturated heterocycles. The van der Waals surface area contributed by atoms with E-state index < -0.39 is 30.4 Å². The Balaban J connectivity index is 2.06. The lowest BCUT2D eigenvalue weighted by molar-refractivity contribution is -0.147. The second kappa shape index (κ2) is 12.7. The summed E-state index contributed by atoms with van der Waals surface area (Å²) in [5.74, 6) is -2.63. The summed E-state index contributed by atoms with van der Waals surface area (Å²) in [5.41, 5.74) is 7.06. The molecule has 0 aliphatic rings. The van der Waals surface area contributed by atoms with E-state index in [1.807, 2.05) is 0 Å². The van der Waals surface area contributed by atoms with Gasteiger partial charge in [-0.05, 0) is 61.9 Å². The first-order valence-electron chi connectivity index (χ1n) is 10.7. The van der Waals surface area contributed by atoms with Crippen molar-refractivity contribution in [2.75, 3.05) is 19.7 Å². The molecule has 1 amide bonds. The predicted molar refractivity (Wildman–Crippen MR) is 128 cm³/mol. The fourth-order valence-electron chi connectivity index (χ4n) is 3.02. The van der Waals surface area contributed by atoms with Crippen molar-refractivity contribution in [3.63, 3.8) is 0 Å². The van der Waals surface area contributed by atoms with Crippen LogP contribution in [0.5, 0.6) is 5.75 Å². The number of ether oxygens (including phenoxy) is 2. The number of benzene rings is 2. The first-order chi connectivity index (χ1) is 16.6. The standard InChI is InChI=1S/C25H27N3O7/c1-3-34-22(31)12-13-28(15-21(29)30)24(32)16(2)14-17-4-6-19(7-5-17)25(33)35-20-10-8-18(9-11-20)23(26)27/h4-11,14H,3,12-13,15H2,1-2H3,(H3,26,27)(H,29,30)/b16-14+. The summed E-state index contributed by atoms with van der Waals surface area (Å²) in [5, 5.41) is 16.5. The van der Waals surface area contributed by atoms with Crippen molar-refractivity contribution in [1.82, 2.24) is 4.90 Å². The molecular formula is C25H27N3O7. The maximum atomic E-state index is 12.7. The van der Waals surface area contributed by atoms with Crippen LogP contribution in [0.25, 0.3) is 6.08 Å². The summed E-state index contributed by atoms with van der Waals surface area (Å²) in [4.78, 5) is 48.9. The highest BCUT2D eigenvalue weighted by atomic mass is 16.5. The number of hydrogen-bond acceptors (Lipinski definition) is 7. The molecule has 0 unspecified atom stereocenters. The van der Waals surface area contributed by atoms with Crippen molar-refractivity contribution in [1.29, 1.82) is 5.41 Å². The molecule has 4 N–H and O–H groups in total. The maximum Gasteiger partial charge on any atom is 0.343 e. The normalized spacial score (nSPS) is 10.9. The molecule has 10 nitrogen and oxygen atoms in total. The molecule has 0 spiro atoms. The third kappa shape index (κ3) is 8.43. The van der Waals surface area contributed by atoms with Gasteiger partial charge in [-0.1, -0.05) is 12.1 Å². The molecule has 184 valence electrons. The molecule has 0 aliphatic carbocycles. The van der Waals surface area contributed by atoms with Gasteiger partial charge in [0.05, 0.1) is 18.6 Å². The minimum Gasteiger partial charge on any atom is -0.480 e. The average molecular weight is 482 g/mol. The van der Waals surface area contributed by atoms with Gasteiger partial charge in [0.1, 0.15) is 18.1 Å². The van der Waals surface area contributed by atoms with E-state index in [0.29, 0.717) is 16.9 Å². The third-order valence-electron chi connectivity index (χ3n) is 4.75. The van der Waals surface area contributed by atoms with E-state index in [0.717, 1.165) is 4.90 Å². The number of nitrogens with zero attached hydrogens (tertiary/aromatic N) is 1. The van der Waals surface area contributed by atoms with E-state index in [4.69, 9.17) is 25.7 Å². The van der Waals surface area contributed by atoms with E-state index in [2.05, 4.69) is 0 Å². The zero-order chi connectivity index (χ0) is 26.0. The van der Waals surface area contributed by atoms with Gasteiger partial charge in [-0.3, -0.25) is 19.8 Å². The highest BCUT2D eigenvalue weighted by Gasteiger charge is 2.20. The highest BCUT2D eigenvalue weighted by molar-refractivity contribution is 5.99. The number of rotatable bonds is 11. The molecule has 2 aromatic rings. The van der Waals surface area contributed by atoms with Gasteiger partial charge in [0.15, 0.2) is 0 Å². The number of carbonyl (C=O) groups excluding carboxylic acids is 3. The van der Waals surface area contributed by atoms with Crippen LogP contribution in [-0.4, -0.2) is 59.4 Å². The Bertz CT molecular complexity index is 1120. The van der Waals surface area contributed by atoms with Crippen molar-refractivity contribution in [3.05, 3.63) is 70.8 Å². The molecule has 0 heterocycles. The van der Waals surface area contributed by atoms with Crippen LogP contribution in [0.2, 0.25) is 0 Å². The number of carbonyl (C=O) groups is 4. The Morgan fingerprint density at radius 2 is 1.63 bits per heavy atom. The van der Waals surface area contributed by atoms with Crippen LogP contribution < -0.4 is 10.5 Å². The number of carboxylic acids is 1. The summed E-state index contributed by atoms with van der Waals surface area (Å²) >= 11 is 0. The van der Waals surface area contributed by atoms with E-state index in [-0.39, 0.29) is 36.5 Å². The molecule has 0 bridgehead atoms. The fraction of sp³-hybridized carbons (Fsp3) is 0.240. The minimum atomic E-state index is -1.20. The molecule has 35 heavy (non-hydrogen) atoms. The quantitative estimate of drug-likeness (QED) is 0.145.